The Kier molecular flexibility index (Phi) is 4.61. The molecule has 0 fully saturated rings. The Balaban J connectivity index is 1.93. The van der Waals surface area contributed by atoms with Gasteiger partial charge < -0.3 is 5.32 Å². The molecule has 0 bridgehead atoms. The molecule has 10 heteroatoms. The second kappa shape index (κ2) is 6.85. The maximum absolute atomic E-state index is 12.6. The van der Waals surface area contributed by atoms with E-state index in [4.69, 9.17) is 0 Å². The van der Waals surface area contributed by atoms with Crippen molar-refractivity contribution in [2.24, 2.45) is 0 Å². The molecule has 0 saturated heterocycles. The number of carbonyl (C=O) groups is 1. The number of rotatable bonds is 5. The molecular formula is C15H10F2N4O3S. The smallest absolute Gasteiger partial charge is 0.288 e. The van der Waals surface area contributed by atoms with E-state index in [2.05, 4.69) is 15.5 Å². The van der Waals surface area contributed by atoms with Crippen LogP contribution < -0.4 is 5.32 Å². The van der Waals surface area contributed by atoms with E-state index in [-0.39, 0.29) is 27.4 Å². The number of para-hydroxylation sites is 1. The van der Waals surface area contributed by atoms with Gasteiger partial charge in [0.05, 0.1) is 16.1 Å². The van der Waals surface area contributed by atoms with Crippen LogP contribution in [-0.4, -0.2) is 26.8 Å². The number of thioether (sulfide) groups is 1. The van der Waals surface area contributed by atoms with Crippen molar-refractivity contribution in [1.29, 1.82) is 0 Å². The first-order valence-electron chi connectivity index (χ1n) is 6.93. The van der Waals surface area contributed by atoms with Gasteiger partial charge in [-0.15, -0.1) is 0 Å². The number of aromatic nitrogens is 2. The number of nitro groups is 1. The number of aromatic amines is 1. The Labute approximate surface area is 143 Å². The van der Waals surface area contributed by atoms with Crippen LogP contribution in [0.5, 0.6) is 0 Å². The number of anilines is 1. The summed E-state index contributed by atoms with van der Waals surface area (Å²) < 4.78 is 25.2. The van der Waals surface area contributed by atoms with Crippen molar-refractivity contribution in [3.63, 3.8) is 0 Å². The molecule has 0 saturated carbocycles. The largest absolute Gasteiger partial charge is 0.320 e. The summed E-state index contributed by atoms with van der Waals surface area (Å²) in [6, 6.07) is 10.1. The summed E-state index contributed by atoms with van der Waals surface area (Å²) in [5.74, 6) is -3.29. The average Bonchev–Trinajstić information content (AvgIpc) is 2.99. The Bertz CT molecular complexity index is 961. The van der Waals surface area contributed by atoms with Crippen molar-refractivity contribution in [3.05, 3.63) is 58.3 Å². The number of hydrogen-bond donors (Lipinski definition) is 2. The van der Waals surface area contributed by atoms with Gasteiger partial charge in [0.1, 0.15) is 0 Å². The third-order valence-electron chi connectivity index (χ3n) is 3.32. The SMILES string of the molecule is O=C(Nc1ccccc1SC(F)F)c1n[nH]c2ccc([N+](=O)[O-])cc12. The minimum Gasteiger partial charge on any atom is -0.320 e. The lowest BCUT2D eigenvalue weighted by Crippen LogP contribution is -2.13. The maximum Gasteiger partial charge on any atom is 0.288 e. The lowest BCUT2D eigenvalue weighted by Gasteiger charge is -2.09. The van der Waals surface area contributed by atoms with Crippen LogP contribution >= 0.6 is 11.8 Å². The fourth-order valence-corrected chi connectivity index (χ4v) is 2.83. The van der Waals surface area contributed by atoms with E-state index in [0.29, 0.717) is 17.3 Å². The molecule has 0 aliphatic heterocycles. The number of carbonyl (C=O) groups excluding carboxylic acids is 1. The number of hydrogen-bond acceptors (Lipinski definition) is 5. The summed E-state index contributed by atoms with van der Waals surface area (Å²) in [5, 5.41) is 20.1. The summed E-state index contributed by atoms with van der Waals surface area (Å²) in [5.41, 5.74) is 0.414. The Hall–Kier alpha value is -3.01. The highest BCUT2D eigenvalue weighted by atomic mass is 32.2. The first kappa shape index (κ1) is 16.8. The fraction of sp³-hybridized carbons (Fsp3) is 0.0667. The normalized spacial score (nSPS) is 11.0. The molecule has 0 unspecified atom stereocenters. The molecule has 3 rings (SSSR count). The molecule has 0 radical (unpaired) electrons. The van der Waals surface area contributed by atoms with Crippen molar-refractivity contribution in [1.82, 2.24) is 10.2 Å². The molecule has 0 spiro atoms. The van der Waals surface area contributed by atoms with Crippen LogP contribution in [-0.2, 0) is 0 Å². The lowest BCUT2D eigenvalue weighted by atomic mass is 10.2. The highest BCUT2D eigenvalue weighted by Crippen LogP contribution is 2.32. The number of fused-ring (bicyclic) bond motifs is 1. The third-order valence-corrected chi connectivity index (χ3v) is 4.11. The second-order valence-electron chi connectivity index (χ2n) is 4.89. The minimum atomic E-state index is -2.63. The number of H-pyrrole nitrogens is 1. The van der Waals surface area contributed by atoms with Gasteiger partial charge in [-0.3, -0.25) is 20.0 Å². The van der Waals surface area contributed by atoms with Gasteiger partial charge in [-0.2, -0.15) is 13.9 Å². The van der Waals surface area contributed by atoms with Gasteiger partial charge in [-0.25, -0.2) is 0 Å². The molecule has 25 heavy (non-hydrogen) atoms. The van der Waals surface area contributed by atoms with Crippen LogP contribution in [0.15, 0.2) is 47.4 Å². The predicted octanol–water partition coefficient (Wildman–Crippen LogP) is 4.04. The summed E-state index contributed by atoms with van der Waals surface area (Å²) >= 11 is 0.309. The van der Waals surface area contributed by atoms with E-state index >= 15 is 0 Å². The zero-order chi connectivity index (χ0) is 18.0. The molecule has 0 aliphatic rings. The fourth-order valence-electron chi connectivity index (χ4n) is 2.24. The molecule has 0 aliphatic carbocycles. The first-order chi connectivity index (χ1) is 12.0. The van der Waals surface area contributed by atoms with Crippen LogP contribution in [0.4, 0.5) is 20.2 Å². The third kappa shape index (κ3) is 3.58. The Morgan fingerprint density at radius 2 is 2.04 bits per heavy atom. The summed E-state index contributed by atoms with van der Waals surface area (Å²) in [4.78, 5) is 23.0. The quantitative estimate of drug-likeness (QED) is 0.404. The van der Waals surface area contributed by atoms with Crippen molar-refractivity contribution in [3.8, 4) is 0 Å². The van der Waals surface area contributed by atoms with E-state index in [0.717, 1.165) is 0 Å². The molecule has 1 amide bonds. The summed E-state index contributed by atoms with van der Waals surface area (Å²) in [6.07, 6.45) is 0. The van der Waals surface area contributed by atoms with E-state index in [1.807, 2.05) is 0 Å². The lowest BCUT2D eigenvalue weighted by molar-refractivity contribution is -0.384. The Morgan fingerprint density at radius 1 is 1.28 bits per heavy atom. The van der Waals surface area contributed by atoms with Gasteiger partial charge in [0.2, 0.25) is 0 Å². The highest BCUT2D eigenvalue weighted by Gasteiger charge is 2.19. The van der Waals surface area contributed by atoms with Gasteiger partial charge in [0.25, 0.3) is 17.4 Å². The van der Waals surface area contributed by atoms with Gasteiger partial charge >= 0.3 is 0 Å². The molecule has 128 valence electrons. The highest BCUT2D eigenvalue weighted by molar-refractivity contribution is 7.99. The minimum absolute atomic E-state index is 0.0597. The number of nitrogens with one attached hydrogen (secondary N) is 2. The van der Waals surface area contributed by atoms with Crippen molar-refractivity contribution in [2.45, 2.75) is 10.7 Å². The van der Waals surface area contributed by atoms with Crippen molar-refractivity contribution in [2.75, 3.05) is 5.32 Å². The second-order valence-corrected chi connectivity index (χ2v) is 5.92. The molecule has 7 nitrogen and oxygen atoms in total. The van der Waals surface area contributed by atoms with Crippen LogP contribution in [0.2, 0.25) is 0 Å². The number of amides is 1. The molecule has 1 aromatic heterocycles. The van der Waals surface area contributed by atoms with Gasteiger partial charge in [0.15, 0.2) is 5.69 Å². The Morgan fingerprint density at radius 3 is 2.76 bits per heavy atom. The molecule has 3 aromatic rings. The van der Waals surface area contributed by atoms with E-state index in [9.17, 15) is 23.7 Å². The number of nitrogens with zero attached hydrogens (tertiary/aromatic N) is 2. The van der Waals surface area contributed by atoms with Gasteiger partial charge in [-0.1, -0.05) is 23.9 Å². The van der Waals surface area contributed by atoms with Gasteiger partial charge in [0, 0.05) is 22.4 Å². The number of halogens is 2. The molecule has 2 N–H and O–H groups in total. The summed E-state index contributed by atoms with van der Waals surface area (Å²) in [6.45, 7) is 0. The maximum atomic E-state index is 12.6. The summed E-state index contributed by atoms with van der Waals surface area (Å²) in [7, 11) is 0. The van der Waals surface area contributed by atoms with Crippen LogP contribution in [0, 0.1) is 10.1 Å². The monoisotopic (exact) mass is 364 g/mol. The zero-order valence-electron chi connectivity index (χ0n) is 12.4. The van der Waals surface area contributed by atoms with Crippen LogP contribution in [0.1, 0.15) is 10.5 Å². The number of benzene rings is 2. The van der Waals surface area contributed by atoms with E-state index < -0.39 is 16.6 Å². The van der Waals surface area contributed by atoms with Crippen molar-refractivity contribution >= 4 is 39.9 Å². The topological polar surface area (TPSA) is 101 Å². The number of non-ortho nitro benzene ring substituents is 1. The predicted molar refractivity (Wildman–Crippen MR) is 89.0 cm³/mol. The number of alkyl halides is 2. The molecule has 0 atom stereocenters. The van der Waals surface area contributed by atoms with Crippen LogP contribution in [0.3, 0.4) is 0 Å². The molecule has 1 heterocycles. The first-order valence-corrected chi connectivity index (χ1v) is 7.81. The molecule has 2 aromatic carbocycles. The van der Waals surface area contributed by atoms with Crippen molar-refractivity contribution < 1.29 is 18.5 Å². The standard InChI is InChI=1S/C15H10F2N4O3S/c16-15(17)25-12-4-2-1-3-11(12)18-14(22)13-9-7-8(21(23)24)5-6-10(9)19-20-13/h1-7,15H,(H,18,22)(H,19,20). The average molecular weight is 364 g/mol. The zero-order valence-corrected chi connectivity index (χ0v) is 13.2. The van der Waals surface area contributed by atoms with Crippen LogP contribution in [0.25, 0.3) is 10.9 Å². The van der Waals surface area contributed by atoms with E-state index in [1.165, 1.54) is 30.3 Å². The van der Waals surface area contributed by atoms with E-state index in [1.54, 1.807) is 12.1 Å². The molecular weight excluding hydrogens is 354 g/mol. The van der Waals surface area contributed by atoms with Gasteiger partial charge in [-0.05, 0) is 18.2 Å². The number of nitro benzene ring substituents is 1.